The molecule has 1 amide bonds. The molecule has 1 aliphatic carbocycles. The van der Waals surface area contributed by atoms with Crippen molar-refractivity contribution in [1.82, 2.24) is 4.90 Å². The molecule has 1 N–H and O–H groups in total. The molecule has 0 bridgehead atoms. The third-order valence-electron chi connectivity index (χ3n) is 5.67. The van der Waals surface area contributed by atoms with Crippen molar-refractivity contribution in [3.63, 3.8) is 0 Å². The van der Waals surface area contributed by atoms with E-state index < -0.39 is 5.60 Å². The highest BCUT2D eigenvalue weighted by Gasteiger charge is 2.42. The highest BCUT2D eigenvalue weighted by Crippen LogP contribution is 2.41. The van der Waals surface area contributed by atoms with Crippen molar-refractivity contribution >= 4 is 46.8 Å². The Kier molecular flexibility index (Phi) is 13.3. The smallest absolute Gasteiger partial charge is 0.302 e. The molecular formula is C28H37Cl2NO5S. The molecule has 2 aromatic rings. The molecule has 9 heteroatoms. The maximum Gasteiger partial charge on any atom is 0.302 e. The maximum absolute atomic E-state index is 12.7. The van der Waals surface area contributed by atoms with Crippen molar-refractivity contribution in [2.24, 2.45) is 5.92 Å². The number of esters is 1. The number of methoxy groups -OCH3 is 1. The van der Waals surface area contributed by atoms with Crippen LogP contribution in [-0.4, -0.2) is 65.4 Å². The first-order chi connectivity index (χ1) is 17.5. The lowest BCUT2D eigenvalue weighted by molar-refractivity contribution is -0.152. The highest BCUT2D eigenvalue weighted by molar-refractivity contribution is 7.99. The van der Waals surface area contributed by atoms with Gasteiger partial charge in [0.1, 0.15) is 6.61 Å². The van der Waals surface area contributed by atoms with Gasteiger partial charge in [-0.3, -0.25) is 9.59 Å². The zero-order chi connectivity index (χ0) is 27.4. The van der Waals surface area contributed by atoms with Gasteiger partial charge in [0.25, 0.3) is 0 Å². The molecule has 2 fully saturated rings. The number of thioether (sulfide) groups is 1. The minimum absolute atomic E-state index is 0.0620. The number of benzene rings is 2. The topological polar surface area (TPSA) is 76.1 Å². The van der Waals surface area contributed by atoms with Gasteiger partial charge in [0.15, 0.2) is 0 Å². The molecular weight excluding hydrogens is 533 g/mol. The van der Waals surface area contributed by atoms with E-state index in [0.29, 0.717) is 23.3 Å². The predicted molar refractivity (Wildman–Crippen MR) is 151 cm³/mol. The largest absolute Gasteiger partial charge is 0.469 e. The van der Waals surface area contributed by atoms with Crippen molar-refractivity contribution in [3.8, 4) is 0 Å². The van der Waals surface area contributed by atoms with Gasteiger partial charge in [0.05, 0.1) is 25.4 Å². The Hall–Kier alpha value is -1.77. The number of hydrogen-bond donors (Lipinski definition) is 1. The van der Waals surface area contributed by atoms with Crippen LogP contribution in [0.15, 0.2) is 54.6 Å². The van der Waals surface area contributed by atoms with Crippen molar-refractivity contribution in [2.75, 3.05) is 31.8 Å². The molecule has 0 aromatic heterocycles. The molecule has 37 heavy (non-hydrogen) atoms. The number of morpholine rings is 1. The summed E-state index contributed by atoms with van der Waals surface area (Å²) in [6, 6.07) is 17.3. The minimum Gasteiger partial charge on any atom is -0.469 e. The van der Waals surface area contributed by atoms with Gasteiger partial charge in [-0.05, 0) is 62.4 Å². The number of rotatable bonds is 7. The molecule has 0 spiro atoms. The number of halogens is 2. The van der Waals surface area contributed by atoms with Crippen molar-refractivity contribution in [3.05, 3.63) is 70.2 Å². The maximum atomic E-state index is 12.7. The van der Waals surface area contributed by atoms with Crippen LogP contribution < -0.4 is 0 Å². The second-order valence-electron chi connectivity index (χ2n) is 9.61. The van der Waals surface area contributed by atoms with Gasteiger partial charge in [-0.2, -0.15) is 11.8 Å². The number of carbonyl (C=O) groups is 2. The summed E-state index contributed by atoms with van der Waals surface area (Å²) in [5, 5.41) is 11.5. The average molecular weight is 571 g/mol. The number of nitrogens with zero attached hydrogens (tertiary/aromatic N) is 1. The molecule has 6 nitrogen and oxygen atoms in total. The normalized spacial score (nSPS) is 18.1. The lowest BCUT2D eigenvalue weighted by Gasteiger charge is -2.41. The summed E-state index contributed by atoms with van der Waals surface area (Å²) in [5.41, 5.74) is 0.374. The zero-order valence-electron chi connectivity index (χ0n) is 21.9. The molecule has 204 valence electrons. The minimum atomic E-state index is -0.691. The Bertz CT molecular complexity index is 965. The summed E-state index contributed by atoms with van der Waals surface area (Å²) >= 11 is 13.3. The third-order valence-corrected chi connectivity index (χ3v) is 7.66. The first-order valence-electron chi connectivity index (χ1n) is 12.2. The Morgan fingerprint density at radius 2 is 1.70 bits per heavy atom. The fraction of sp³-hybridized carbons (Fsp3) is 0.500. The van der Waals surface area contributed by atoms with E-state index >= 15 is 0 Å². The van der Waals surface area contributed by atoms with Crippen LogP contribution in [0.5, 0.6) is 0 Å². The molecule has 1 heterocycles. The molecule has 2 aliphatic rings. The first-order valence-corrected chi connectivity index (χ1v) is 14.1. The second kappa shape index (κ2) is 15.6. The molecule has 2 aromatic carbocycles. The van der Waals surface area contributed by atoms with Crippen LogP contribution in [0, 0.1) is 5.92 Å². The fourth-order valence-electron chi connectivity index (χ4n) is 3.71. The van der Waals surface area contributed by atoms with Gasteiger partial charge in [0.2, 0.25) is 5.91 Å². The van der Waals surface area contributed by atoms with Gasteiger partial charge >= 0.3 is 5.97 Å². The lowest BCUT2D eigenvalue weighted by atomic mass is 10.0. The Morgan fingerprint density at radius 3 is 2.16 bits per heavy atom. The zero-order valence-corrected chi connectivity index (χ0v) is 24.2. The first kappa shape index (κ1) is 31.4. The van der Waals surface area contributed by atoms with Crippen molar-refractivity contribution < 1.29 is 24.2 Å². The monoisotopic (exact) mass is 569 g/mol. The fourth-order valence-corrected chi connectivity index (χ4v) is 5.28. The van der Waals surface area contributed by atoms with E-state index in [1.807, 2.05) is 73.3 Å². The van der Waals surface area contributed by atoms with Crippen LogP contribution in [0.25, 0.3) is 0 Å². The quantitative estimate of drug-likeness (QED) is 0.409. The van der Waals surface area contributed by atoms with Crippen LogP contribution in [-0.2, 0) is 19.1 Å². The van der Waals surface area contributed by atoms with Crippen molar-refractivity contribution in [1.29, 1.82) is 0 Å². The molecule has 1 saturated heterocycles. The van der Waals surface area contributed by atoms with Crippen LogP contribution >= 0.6 is 35.0 Å². The number of aliphatic hydroxyl groups is 1. The summed E-state index contributed by atoms with van der Waals surface area (Å²) in [6.07, 6.45) is 2.34. The molecule has 1 saturated carbocycles. The summed E-state index contributed by atoms with van der Waals surface area (Å²) in [4.78, 5) is 24.3. The van der Waals surface area contributed by atoms with Crippen LogP contribution in [0.2, 0.25) is 10.0 Å². The van der Waals surface area contributed by atoms with Crippen molar-refractivity contribution in [2.45, 2.75) is 51.3 Å². The van der Waals surface area contributed by atoms with E-state index in [1.54, 1.807) is 11.8 Å². The van der Waals surface area contributed by atoms with Gasteiger partial charge in [-0.1, -0.05) is 53.5 Å². The Labute approximate surface area is 234 Å². The van der Waals surface area contributed by atoms with E-state index in [-0.39, 0.29) is 30.6 Å². The van der Waals surface area contributed by atoms with Gasteiger partial charge in [-0.15, -0.1) is 0 Å². The number of ether oxygens (including phenoxy) is 2. The summed E-state index contributed by atoms with van der Waals surface area (Å²) < 4.78 is 9.66. The van der Waals surface area contributed by atoms with E-state index in [2.05, 4.69) is 4.74 Å². The van der Waals surface area contributed by atoms with Gasteiger partial charge in [-0.25, -0.2) is 0 Å². The van der Waals surface area contributed by atoms with Gasteiger partial charge < -0.3 is 19.5 Å². The second-order valence-corrected chi connectivity index (χ2v) is 11.5. The van der Waals surface area contributed by atoms with Crippen LogP contribution in [0.3, 0.4) is 0 Å². The summed E-state index contributed by atoms with van der Waals surface area (Å²) in [6.45, 7) is 5.68. The number of hydrogen-bond acceptors (Lipinski definition) is 6. The van der Waals surface area contributed by atoms with E-state index in [9.17, 15) is 14.7 Å². The van der Waals surface area contributed by atoms with Crippen LogP contribution in [0.1, 0.15) is 45.2 Å². The highest BCUT2D eigenvalue weighted by atomic mass is 35.5. The Morgan fingerprint density at radius 1 is 1.14 bits per heavy atom. The van der Waals surface area contributed by atoms with E-state index in [1.165, 1.54) is 26.9 Å². The van der Waals surface area contributed by atoms with E-state index in [4.69, 9.17) is 27.9 Å². The van der Waals surface area contributed by atoms with Crippen LogP contribution in [0.4, 0.5) is 0 Å². The standard InChI is InChI=1S/C19H26ClNO3S.C6H5Cl.C3H6O2/c1-19(2,23)12-25-11-17(14-3-4-14)21-16(9-24-10-18(21)22)13-5-7-15(20)8-6-13;7-6-4-2-1-3-5-6;1-3(4)5-2/h5-8,14,16-17,23H,3-4,9-12H2,1-2H3;1-5H;1-2H3. The molecule has 2 atom stereocenters. The molecule has 4 rings (SSSR count). The summed E-state index contributed by atoms with van der Waals surface area (Å²) in [5.74, 6) is 1.90. The third kappa shape index (κ3) is 12.1. The Balaban J connectivity index is 0.000000330. The lowest BCUT2D eigenvalue weighted by Crippen LogP contribution is -2.51. The molecule has 2 unspecified atom stereocenters. The molecule has 1 aliphatic heterocycles. The van der Waals surface area contributed by atoms with E-state index in [0.717, 1.165) is 16.3 Å². The SMILES string of the molecule is CC(C)(O)CSCC(C1CC1)N1C(=O)COCC1c1ccc(Cl)cc1.COC(C)=O.Clc1ccccc1. The molecule has 0 radical (unpaired) electrons. The number of carbonyl (C=O) groups excluding carboxylic acids is 2. The van der Waals surface area contributed by atoms with Gasteiger partial charge in [0, 0.05) is 34.5 Å². The average Bonchev–Trinajstić information content (AvgIpc) is 3.69. The number of amides is 1. The summed E-state index contributed by atoms with van der Waals surface area (Å²) in [7, 11) is 1.35. The predicted octanol–water partition coefficient (Wildman–Crippen LogP) is 6.04.